The highest BCUT2D eigenvalue weighted by Gasteiger charge is 2.19. The second-order valence-corrected chi connectivity index (χ2v) is 3.18. The summed E-state index contributed by atoms with van der Waals surface area (Å²) in [5.41, 5.74) is 0.350. The van der Waals surface area contributed by atoms with Gasteiger partial charge in [0.2, 0.25) is 0 Å². The number of hydrogen-bond acceptors (Lipinski definition) is 5. The fourth-order valence-corrected chi connectivity index (χ4v) is 1.28. The van der Waals surface area contributed by atoms with Gasteiger partial charge in [0.1, 0.15) is 23.2 Å². The molecule has 0 saturated carbocycles. The second-order valence-electron chi connectivity index (χ2n) is 3.18. The third-order valence-electron chi connectivity index (χ3n) is 2.07. The number of ether oxygens (including phenoxy) is 1. The first-order valence-corrected chi connectivity index (χ1v) is 4.61. The molecule has 5 heteroatoms. The molecule has 0 aromatic carbocycles. The lowest BCUT2D eigenvalue weighted by molar-refractivity contribution is 0.0599. The Bertz CT molecular complexity index is 345. The lowest BCUT2D eigenvalue weighted by atomic mass is 10.2. The van der Waals surface area contributed by atoms with Crippen molar-refractivity contribution in [3.05, 3.63) is 23.2 Å². The van der Waals surface area contributed by atoms with Crippen molar-refractivity contribution >= 4 is 5.97 Å². The highest BCUT2D eigenvalue weighted by molar-refractivity contribution is 5.90. The lowest BCUT2D eigenvalue weighted by Gasteiger charge is -2.04. The van der Waals surface area contributed by atoms with Gasteiger partial charge < -0.3 is 19.6 Å². The van der Waals surface area contributed by atoms with Gasteiger partial charge in [-0.15, -0.1) is 0 Å². The number of nitrogens with one attached hydrogen (secondary N) is 1. The summed E-state index contributed by atoms with van der Waals surface area (Å²) in [6.07, 6.45) is -0.757. The molecule has 0 amide bonds. The zero-order valence-corrected chi connectivity index (χ0v) is 9.03. The van der Waals surface area contributed by atoms with Gasteiger partial charge in [-0.25, -0.2) is 4.79 Å². The van der Waals surface area contributed by atoms with Crippen LogP contribution in [0, 0.1) is 6.92 Å². The molecule has 0 aliphatic rings. The number of rotatable bonds is 4. The smallest absolute Gasteiger partial charge is 0.341 e. The molecule has 1 heterocycles. The van der Waals surface area contributed by atoms with E-state index in [9.17, 15) is 9.90 Å². The van der Waals surface area contributed by atoms with Crippen molar-refractivity contribution in [2.75, 3.05) is 20.7 Å². The Morgan fingerprint density at radius 1 is 1.73 bits per heavy atom. The van der Waals surface area contributed by atoms with Crippen molar-refractivity contribution in [2.45, 2.75) is 13.0 Å². The molecule has 0 radical (unpaired) electrons. The first-order valence-electron chi connectivity index (χ1n) is 4.61. The molecule has 2 N–H and O–H groups in total. The fraction of sp³-hybridized carbons (Fsp3) is 0.500. The van der Waals surface area contributed by atoms with Gasteiger partial charge in [-0.2, -0.15) is 0 Å². The minimum absolute atomic E-state index is 0.350. The molecule has 1 atom stereocenters. The van der Waals surface area contributed by atoms with Crippen molar-refractivity contribution in [3.8, 4) is 0 Å². The first-order chi connectivity index (χ1) is 7.10. The summed E-state index contributed by atoms with van der Waals surface area (Å²) in [7, 11) is 3.03. The van der Waals surface area contributed by atoms with Gasteiger partial charge in [0.25, 0.3) is 0 Å². The standard InChI is InChI=1S/C10H15NO4/c1-6-7(10(13)14-3)4-9(15-6)8(12)5-11-2/h4,8,11-12H,5H2,1-3H3. The van der Waals surface area contributed by atoms with Crippen molar-refractivity contribution in [3.63, 3.8) is 0 Å². The van der Waals surface area contributed by atoms with E-state index in [1.165, 1.54) is 13.2 Å². The van der Waals surface area contributed by atoms with Crippen LogP contribution in [0.5, 0.6) is 0 Å². The van der Waals surface area contributed by atoms with Crippen molar-refractivity contribution in [2.24, 2.45) is 0 Å². The van der Waals surface area contributed by atoms with E-state index in [1.807, 2.05) is 0 Å². The third-order valence-corrected chi connectivity index (χ3v) is 2.07. The van der Waals surface area contributed by atoms with Crippen LogP contribution >= 0.6 is 0 Å². The number of aryl methyl sites for hydroxylation is 1. The van der Waals surface area contributed by atoms with Gasteiger partial charge in [0, 0.05) is 6.54 Å². The maximum Gasteiger partial charge on any atom is 0.341 e. The molecule has 0 fully saturated rings. The molecule has 5 nitrogen and oxygen atoms in total. The van der Waals surface area contributed by atoms with Crippen LogP contribution in [0.4, 0.5) is 0 Å². The summed E-state index contributed by atoms with van der Waals surface area (Å²) in [5, 5.41) is 12.4. The van der Waals surface area contributed by atoms with Crippen molar-refractivity contribution in [1.29, 1.82) is 0 Å². The van der Waals surface area contributed by atoms with Crippen LogP contribution in [-0.4, -0.2) is 31.8 Å². The summed E-state index contributed by atoms with van der Waals surface area (Å²) in [4.78, 5) is 11.2. The highest BCUT2D eigenvalue weighted by Crippen LogP contribution is 2.20. The maximum atomic E-state index is 11.2. The number of carbonyl (C=O) groups excluding carboxylic acids is 1. The minimum atomic E-state index is -0.757. The molecule has 0 aliphatic carbocycles. The molecule has 1 aromatic heterocycles. The van der Waals surface area contributed by atoms with E-state index in [1.54, 1.807) is 14.0 Å². The van der Waals surface area contributed by atoms with Crippen LogP contribution in [0.25, 0.3) is 0 Å². The molecule has 0 aliphatic heterocycles. The Kier molecular flexibility index (Phi) is 3.88. The number of aliphatic hydroxyl groups is 1. The van der Waals surface area contributed by atoms with E-state index < -0.39 is 12.1 Å². The van der Waals surface area contributed by atoms with E-state index in [4.69, 9.17) is 4.42 Å². The van der Waals surface area contributed by atoms with Gasteiger partial charge in [-0.1, -0.05) is 0 Å². The van der Waals surface area contributed by atoms with Crippen LogP contribution in [0.2, 0.25) is 0 Å². The monoisotopic (exact) mass is 213 g/mol. The molecule has 0 spiro atoms. The highest BCUT2D eigenvalue weighted by atomic mass is 16.5. The van der Waals surface area contributed by atoms with Gasteiger partial charge >= 0.3 is 5.97 Å². The summed E-state index contributed by atoms with van der Waals surface area (Å²) < 4.78 is 9.84. The average Bonchev–Trinajstić information content (AvgIpc) is 2.60. The Hall–Kier alpha value is -1.33. The molecule has 0 bridgehead atoms. The number of furan rings is 1. The average molecular weight is 213 g/mol. The lowest BCUT2D eigenvalue weighted by Crippen LogP contribution is -2.16. The van der Waals surface area contributed by atoms with Crippen LogP contribution in [-0.2, 0) is 4.74 Å². The van der Waals surface area contributed by atoms with E-state index >= 15 is 0 Å². The number of aliphatic hydroxyl groups excluding tert-OH is 1. The van der Waals surface area contributed by atoms with Gasteiger partial charge in [0.15, 0.2) is 0 Å². The second kappa shape index (κ2) is 4.95. The number of likely N-dealkylation sites (N-methyl/N-ethyl adjacent to an activating group) is 1. The van der Waals surface area contributed by atoms with Crippen LogP contribution in [0.3, 0.4) is 0 Å². The zero-order valence-electron chi connectivity index (χ0n) is 9.03. The summed E-state index contributed by atoms with van der Waals surface area (Å²) in [5.74, 6) is 0.355. The summed E-state index contributed by atoms with van der Waals surface area (Å²) in [6, 6.07) is 1.50. The van der Waals surface area contributed by atoms with Crippen LogP contribution < -0.4 is 5.32 Å². The van der Waals surface area contributed by atoms with Gasteiger partial charge in [-0.3, -0.25) is 0 Å². The minimum Gasteiger partial charge on any atom is -0.465 e. The quantitative estimate of drug-likeness (QED) is 0.718. The van der Waals surface area contributed by atoms with Crippen LogP contribution in [0.1, 0.15) is 28.0 Å². The Labute approximate surface area is 88.0 Å². The molecule has 1 aromatic rings. The normalized spacial score (nSPS) is 12.5. The SMILES string of the molecule is CNCC(O)c1cc(C(=O)OC)c(C)o1. The zero-order chi connectivity index (χ0) is 11.4. The molecular formula is C10H15NO4. The molecule has 84 valence electrons. The Balaban J connectivity index is 2.90. The predicted molar refractivity (Wildman–Crippen MR) is 53.7 cm³/mol. The molecule has 1 rings (SSSR count). The van der Waals surface area contributed by atoms with Gasteiger partial charge in [0.05, 0.1) is 7.11 Å². The van der Waals surface area contributed by atoms with E-state index in [0.717, 1.165) is 0 Å². The molecule has 1 unspecified atom stereocenters. The molecule has 15 heavy (non-hydrogen) atoms. The topological polar surface area (TPSA) is 71.7 Å². The fourth-order valence-electron chi connectivity index (χ4n) is 1.28. The summed E-state index contributed by atoms with van der Waals surface area (Å²) >= 11 is 0. The number of methoxy groups -OCH3 is 1. The van der Waals surface area contributed by atoms with Crippen molar-refractivity contribution in [1.82, 2.24) is 5.32 Å². The Morgan fingerprint density at radius 2 is 2.40 bits per heavy atom. The first kappa shape index (κ1) is 11.7. The van der Waals surface area contributed by atoms with Crippen molar-refractivity contribution < 1.29 is 19.1 Å². The largest absolute Gasteiger partial charge is 0.465 e. The molecule has 0 saturated heterocycles. The summed E-state index contributed by atoms with van der Waals surface area (Å²) in [6.45, 7) is 2.02. The Morgan fingerprint density at radius 3 is 2.93 bits per heavy atom. The van der Waals surface area contributed by atoms with E-state index in [2.05, 4.69) is 10.1 Å². The number of esters is 1. The number of carbonyl (C=O) groups is 1. The van der Waals surface area contributed by atoms with E-state index in [0.29, 0.717) is 23.6 Å². The van der Waals surface area contributed by atoms with Crippen LogP contribution in [0.15, 0.2) is 10.5 Å². The maximum absolute atomic E-state index is 11.2. The van der Waals surface area contributed by atoms with E-state index in [-0.39, 0.29) is 0 Å². The molecular weight excluding hydrogens is 198 g/mol. The predicted octanol–water partition coefficient (Wildman–Crippen LogP) is 0.627. The third kappa shape index (κ3) is 2.57. The number of hydrogen-bond donors (Lipinski definition) is 2. The van der Waals surface area contributed by atoms with Gasteiger partial charge in [-0.05, 0) is 20.0 Å².